The maximum atomic E-state index is 10.0. The van der Waals surface area contributed by atoms with Gasteiger partial charge in [0.2, 0.25) is 0 Å². The number of halogens is 1. The van der Waals surface area contributed by atoms with Gasteiger partial charge in [0.25, 0.3) is 0 Å². The van der Waals surface area contributed by atoms with E-state index in [9.17, 15) is 4.79 Å². The molecule has 0 amide bonds. The second kappa shape index (κ2) is 6.98. The van der Waals surface area contributed by atoms with Gasteiger partial charge < -0.3 is 0 Å². The first-order valence-corrected chi connectivity index (χ1v) is 6.22. The number of carbonyl (C=O) groups excluding carboxylic acids is 1. The topological polar surface area (TPSA) is 17.1 Å². The highest BCUT2D eigenvalue weighted by molar-refractivity contribution is 14.1. The van der Waals surface area contributed by atoms with Gasteiger partial charge in [-0.25, -0.2) is 0 Å². The predicted molar refractivity (Wildman–Crippen MR) is 68.1 cm³/mol. The van der Waals surface area contributed by atoms with E-state index in [1.807, 2.05) is 18.2 Å². The van der Waals surface area contributed by atoms with Crippen molar-refractivity contribution in [2.75, 3.05) is 0 Å². The summed E-state index contributed by atoms with van der Waals surface area (Å²) in [6, 6.07) is 9.10. The van der Waals surface area contributed by atoms with E-state index < -0.39 is 0 Å². The average Bonchev–Trinajstić information content (AvgIpc) is 2.71. The summed E-state index contributed by atoms with van der Waals surface area (Å²) in [5.41, 5.74) is 0.729. The second-order valence-corrected chi connectivity index (χ2v) is 5.17. The second-order valence-electron chi connectivity index (χ2n) is 3.41. The van der Waals surface area contributed by atoms with Crippen LogP contribution in [0.15, 0.2) is 30.3 Å². The molecule has 1 nitrogen and oxygen atoms in total. The number of hydrogen-bond donors (Lipinski definition) is 0. The van der Waals surface area contributed by atoms with Gasteiger partial charge in [-0.3, -0.25) is 4.79 Å². The van der Waals surface area contributed by atoms with Crippen LogP contribution in [0.5, 0.6) is 0 Å². The molecule has 2 heteroatoms. The lowest BCUT2D eigenvalue weighted by atomic mass is 10.2. The van der Waals surface area contributed by atoms with Crippen LogP contribution in [0.1, 0.15) is 36.0 Å². The molecular weight excluding hydrogens is 287 g/mol. The molecule has 0 radical (unpaired) electrons. The molecule has 2 rings (SSSR count). The van der Waals surface area contributed by atoms with Crippen LogP contribution in [0.4, 0.5) is 0 Å². The molecule has 0 unspecified atom stereocenters. The Bertz CT molecular complexity index is 252. The van der Waals surface area contributed by atoms with Crippen LogP contribution in [-0.2, 0) is 0 Å². The third-order valence-electron chi connectivity index (χ3n) is 2.22. The van der Waals surface area contributed by atoms with E-state index in [1.54, 1.807) is 12.1 Å². The van der Waals surface area contributed by atoms with Crippen molar-refractivity contribution in [3.8, 4) is 0 Å². The summed E-state index contributed by atoms with van der Waals surface area (Å²) >= 11 is 2.53. The third-order valence-corrected chi connectivity index (χ3v) is 3.47. The Hall–Kier alpha value is -0.380. The Morgan fingerprint density at radius 3 is 2.00 bits per heavy atom. The highest BCUT2D eigenvalue weighted by atomic mass is 127. The molecule has 1 aliphatic rings. The molecule has 0 bridgehead atoms. The van der Waals surface area contributed by atoms with E-state index in [1.165, 1.54) is 25.7 Å². The lowest BCUT2D eigenvalue weighted by molar-refractivity contribution is 0.112. The summed E-state index contributed by atoms with van der Waals surface area (Å²) in [7, 11) is 0. The Labute approximate surface area is 99.0 Å². The maximum absolute atomic E-state index is 10.0. The van der Waals surface area contributed by atoms with Gasteiger partial charge in [-0.1, -0.05) is 65.8 Å². The smallest absolute Gasteiger partial charge is 0.150 e. The SMILES string of the molecule is IC1CCCC1.O=Cc1ccccc1. The van der Waals surface area contributed by atoms with Crippen molar-refractivity contribution in [3.05, 3.63) is 35.9 Å². The molecule has 76 valence electrons. The zero-order valence-corrected chi connectivity index (χ0v) is 10.3. The van der Waals surface area contributed by atoms with E-state index in [0.717, 1.165) is 15.8 Å². The first-order chi connectivity index (χ1) is 6.83. The molecule has 0 N–H and O–H groups in total. The van der Waals surface area contributed by atoms with Gasteiger partial charge in [-0.05, 0) is 12.8 Å². The van der Waals surface area contributed by atoms with Crippen LogP contribution in [0, 0.1) is 0 Å². The van der Waals surface area contributed by atoms with E-state index in [2.05, 4.69) is 22.6 Å². The summed E-state index contributed by atoms with van der Waals surface area (Å²) < 4.78 is 1.02. The van der Waals surface area contributed by atoms with Crippen LogP contribution >= 0.6 is 22.6 Å². The van der Waals surface area contributed by atoms with Crippen molar-refractivity contribution in [2.45, 2.75) is 29.6 Å². The lowest BCUT2D eigenvalue weighted by Crippen LogP contribution is -1.81. The van der Waals surface area contributed by atoms with Gasteiger partial charge in [-0.2, -0.15) is 0 Å². The van der Waals surface area contributed by atoms with Gasteiger partial charge in [0.1, 0.15) is 6.29 Å². The summed E-state index contributed by atoms with van der Waals surface area (Å²) in [6.07, 6.45) is 6.74. The van der Waals surface area contributed by atoms with Crippen molar-refractivity contribution in [3.63, 3.8) is 0 Å². The van der Waals surface area contributed by atoms with Crippen molar-refractivity contribution < 1.29 is 4.79 Å². The zero-order valence-electron chi connectivity index (χ0n) is 8.16. The monoisotopic (exact) mass is 302 g/mol. The Balaban J connectivity index is 0.000000146. The van der Waals surface area contributed by atoms with Gasteiger partial charge in [0.15, 0.2) is 0 Å². The van der Waals surface area contributed by atoms with Crippen LogP contribution in [0.3, 0.4) is 0 Å². The number of benzene rings is 1. The molecule has 1 aromatic carbocycles. The molecule has 1 aliphatic carbocycles. The Morgan fingerprint density at radius 1 is 1.14 bits per heavy atom. The summed E-state index contributed by atoms with van der Waals surface area (Å²) in [4.78, 5) is 10.0. The number of aldehydes is 1. The molecule has 0 atom stereocenters. The fraction of sp³-hybridized carbons (Fsp3) is 0.417. The minimum atomic E-state index is 0.729. The summed E-state index contributed by atoms with van der Waals surface area (Å²) in [5, 5.41) is 0. The number of hydrogen-bond acceptors (Lipinski definition) is 1. The number of rotatable bonds is 1. The first-order valence-electron chi connectivity index (χ1n) is 4.97. The van der Waals surface area contributed by atoms with E-state index in [-0.39, 0.29) is 0 Å². The standard InChI is InChI=1S/C7H6O.C5H9I/c8-6-7-4-2-1-3-5-7;6-5-3-1-2-4-5/h1-6H;5H,1-4H2. The minimum absolute atomic E-state index is 0.729. The zero-order chi connectivity index (χ0) is 10.2. The highest BCUT2D eigenvalue weighted by Crippen LogP contribution is 2.24. The third kappa shape index (κ3) is 4.74. The molecule has 14 heavy (non-hydrogen) atoms. The molecule has 0 aliphatic heterocycles. The van der Waals surface area contributed by atoms with Gasteiger partial charge in [0.05, 0.1) is 0 Å². The average molecular weight is 302 g/mol. The number of carbonyl (C=O) groups is 1. The quantitative estimate of drug-likeness (QED) is 0.437. The predicted octanol–water partition coefficient (Wildman–Crippen LogP) is 3.86. The van der Waals surface area contributed by atoms with Crippen LogP contribution in [-0.4, -0.2) is 10.2 Å². The number of alkyl halides is 1. The van der Waals surface area contributed by atoms with E-state index in [4.69, 9.17) is 0 Å². The van der Waals surface area contributed by atoms with Crippen molar-refractivity contribution in [1.82, 2.24) is 0 Å². The van der Waals surface area contributed by atoms with Crippen molar-refractivity contribution in [1.29, 1.82) is 0 Å². The highest BCUT2D eigenvalue weighted by Gasteiger charge is 2.09. The van der Waals surface area contributed by atoms with Crippen LogP contribution in [0.2, 0.25) is 0 Å². The van der Waals surface area contributed by atoms with Crippen LogP contribution in [0.25, 0.3) is 0 Å². The summed E-state index contributed by atoms with van der Waals surface area (Å²) in [6.45, 7) is 0. The molecule has 0 saturated heterocycles. The summed E-state index contributed by atoms with van der Waals surface area (Å²) in [5.74, 6) is 0. The fourth-order valence-corrected chi connectivity index (χ4v) is 2.29. The molecule has 0 heterocycles. The normalized spacial score (nSPS) is 15.8. The minimum Gasteiger partial charge on any atom is -0.298 e. The van der Waals surface area contributed by atoms with Crippen LogP contribution < -0.4 is 0 Å². The Morgan fingerprint density at radius 2 is 1.71 bits per heavy atom. The molecule has 1 saturated carbocycles. The molecular formula is C12H15IO. The molecule has 1 aromatic rings. The first kappa shape index (κ1) is 11.7. The van der Waals surface area contributed by atoms with E-state index in [0.29, 0.717) is 0 Å². The lowest BCUT2D eigenvalue weighted by Gasteiger charge is -1.88. The van der Waals surface area contributed by atoms with E-state index >= 15 is 0 Å². The van der Waals surface area contributed by atoms with Gasteiger partial charge in [0, 0.05) is 9.49 Å². The largest absolute Gasteiger partial charge is 0.298 e. The van der Waals surface area contributed by atoms with Crippen molar-refractivity contribution in [2.24, 2.45) is 0 Å². The van der Waals surface area contributed by atoms with Gasteiger partial charge in [-0.15, -0.1) is 0 Å². The fourth-order valence-electron chi connectivity index (χ4n) is 1.41. The van der Waals surface area contributed by atoms with Gasteiger partial charge >= 0.3 is 0 Å². The maximum Gasteiger partial charge on any atom is 0.150 e. The molecule has 0 spiro atoms. The van der Waals surface area contributed by atoms with Crippen molar-refractivity contribution >= 4 is 28.9 Å². The molecule has 1 fully saturated rings. The molecule has 0 aromatic heterocycles. The Kier molecular flexibility index (Phi) is 5.83.